The van der Waals surface area contributed by atoms with Gasteiger partial charge in [0.2, 0.25) is 0 Å². The van der Waals surface area contributed by atoms with Crippen molar-refractivity contribution in [3.05, 3.63) is 70.9 Å². The second-order valence-corrected chi connectivity index (χ2v) is 7.24. The predicted octanol–water partition coefficient (Wildman–Crippen LogP) is 3.57. The van der Waals surface area contributed by atoms with E-state index in [1.165, 1.54) is 22.2 Å². The van der Waals surface area contributed by atoms with E-state index in [1.807, 2.05) is 31.2 Å². The van der Waals surface area contributed by atoms with Crippen LogP contribution in [0, 0.1) is 13.8 Å². The first kappa shape index (κ1) is 17.8. The summed E-state index contributed by atoms with van der Waals surface area (Å²) in [5.41, 5.74) is 12.3. The predicted molar refractivity (Wildman–Crippen MR) is 108 cm³/mol. The highest BCUT2D eigenvalue weighted by atomic mass is 16.1. The number of hydrazine groups is 1. The molecule has 0 saturated carbocycles. The lowest BCUT2D eigenvalue weighted by Gasteiger charge is -2.15. The number of carbonyl (C=O) groups is 1. The van der Waals surface area contributed by atoms with Gasteiger partial charge in [-0.1, -0.05) is 35.9 Å². The van der Waals surface area contributed by atoms with Crippen molar-refractivity contribution >= 4 is 16.8 Å². The van der Waals surface area contributed by atoms with Crippen LogP contribution in [0.5, 0.6) is 0 Å². The van der Waals surface area contributed by atoms with Gasteiger partial charge in [0.05, 0.1) is 12.2 Å². The molecule has 0 spiro atoms. The first-order valence-corrected chi connectivity index (χ1v) is 9.54. The molecule has 27 heavy (non-hydrogen) atoms. The lowest BCUT2D eigenvalue weighted by Crippen LogP contribution is -2.44. The Labute approximate surface area is 159 Å². The number of hydrogen-bond acceptors (Lipinski definition) is 3. The van der Waals surface area contributed by atoms with E-state index in [0.29, 0.717) is 5.56 Å². The van der Waals surface area contributed by atoms with Crippen molar-refractivity contribution in [3.63, 3.8) is 0 Å². The molecule has 1 amide bonds. The van der Waals surface area contributed by atoms with Crippen LogP contribution in [0.4, 0.5) is 0 Å². The highest BCUT2D eigenvalue weighted by Gasteiger charge is 2.30. The number of nitrogens with zero attached hydrogens (tertiary/aromatic N) is 1. The van der Waals surface area contributed by atoms with E-state index in [4.69, 9.17) is 0 Å². The smallest absolute Gasteiger partial charge is 0.252 e. The average molecular weight is 362 g/mol. The molecule has 1 aliphatic heterocycles. The Morgan fingerprint density at radius 1 is 1.11 bits per heavy atom. The standard InChI is InChI=1S/C22H26N4O/c1-4-26-19-8-6-5-7-17(19)15(3)21(26)18-13-20(25-24-18)23-22(27)16-11-9-14(2)10-12-16/h5-12,18,20,24-25H,4,13H2,1-3H3,(H,23,27). The average Bonchev–Trinajstić information content (AvgIpc) is 3.24. The van der Waals surface area contributed by atoms with Crippen molar-refractivity contribution in [1.82, 2.24) is 20.7 Å². The number of benzene rings is 2. The quantitative estimate of drug-likeness (QED) is 0.665. The van der Waals surface area contributed by atoms with Gasteiger partial charge in [0.1, 0.15) is 0 Å². The maximum Gasteiger partial charge on any atom is 0.252 e. The number of aromatic nitrogens is 1. The summed E-state index contributed by atoms with van der Waals surface area (Å²) in [6.07, 6.45) is 0.695. The lowest BCUT2D eigenvalue weighted by atomic mass is 10.0. The monoisotopic (exact) mass is 362 g/mol. The van der Waals surface area contributed by atoms with E-state index in [2.05, 4.69) is 58.8 Å². The Morgan fingerprint density at radius 3 is 2.59 bits per heavy atom. The second kappa shape index (κ2) is 7.18. The molecule has 2 heterocycles. The lowest BCUT2D eigenvalue weighted by molar-refractivity contribution is 0.0932. The summed E-state index contributed by atoms with van der Waals surface area (Å²) >= 11 is 0. The minimum atomic E-state index is -0.105. The number of fused-ring (bicyclic) bond motifs is 1. The molecule has 140 valence electrons. The number of hydrogen-bond donors (Lipinski definition) is 3. The molecule has 0 bridgehead atoms. The minimum Gasteiger partial charge on any atom is -0.343 e. The highest BCUT2D eigenvalue weighted by molar-refractivity contribution is 5.94. The summed E-state index contributed by atoms with van der Waals surface area (Å²) in [4.78, 5) is 12.5. The van der Waals surface area contributed by atoms with Crippen LogP contribution in [-0.2, 0) is 6.54 Å². The van der Waals surface area contributed by atoms with E-state index in [-0.39, 0.29) is 18.1 Å². The number of para-hydroxylation sites is 1. The van der Waals surface area contributed by atoms with Gasteiger partial charge in [-0.25, -0.2) is 10.9 Å². The largest absolute Gasteiger partial charge is 0.343 e. The molecular weight excluding hydrogens is 336 g/mol. The van der Waals surface area contributed by atoms with E-state index in [1.54, 1.807) is 0 Å². The summed E-state index contributed by atoms with van der Waals surface area (Å²) in [5.74, 6) is -0.0530. The molecule has 5 nitrogen and oxygen atoms in total. The van der Waals surface area contributed by atoms with Crippen molar-refractivity contribution in [2.45, 2.75) is 45.9 Å². The van der Waals surface area contributed by atoms with Gasteiger partial charge in [-0.3, -0.25) is 4.79 Å². The van der Waals surface area contributed by atoms with E-state index in [0.717, 1.165) is 18.5 Å². The highest BCUT2D eigenvalue weighted by Crippen LogP contribution is 2.32. The molecule has 5 heteroatoms. The minimum absolute atomic E-state index is 0.0530. The van der Waals surface area contributed by atoms with Gasteiger partial charge in [-0.05, 0) is 44.5 Å². The number of aryl methyl sites for hydroxylation is 3. The molecule has 2 aromatic carbocycles. The van der Waals surface area contributed by atoms with Crippen LogP contribution in [0.1, 0.15) is 46.6 Å². The van der Waals surface area contributed by atoms with Gasteiger partial charge in [0, 0.05) is 35.1 Å². The molecule has 1 fully saturated rings. The zero-order valence-electron chi connectivity index (χ0n) is 16.0. The van der Waals surface area contributed by atoms with E-state index in [9.17, 15) is 4.79 Å². The Bertz CT molecular complexity index is 974. The van der Waals surface area contributed by atoms with Crippen molar-refractivity contribution in [2.24, 2.45) is 0 Å². The van der Waals surface area contributed by atoms with Crippen LogP contribution < -0.4 is 16.2 Å². The van der Waals surface area contributed by atoms with E-state index < -0.39 is 0 Å². The summed E-state index contributed by atoms with van der Waals surface area (Å²) in [5, 5.41) is 4.38. The van der Waals surface area contributed by atoms with Gasteiger partial charge < -0.3 is 9.88 Å². The summed E-state index contributed by atoms with van der Waals surface area (Å²) < 4.78 is 2.37. The van der Waals surface area contributed by atoms with Gasteiger partial charge in [0.15, 0.2) is 0 Å². The third-order valence-corrected chi connectivity index (χ3v) is 5.44. The third-order valence-electron chi connectivity index (χ3n) is 5.44. The van der Waals surface area contributed by atoms with Crippen LogP contribution in [0.25, 0.3) is 10.9 Å². The van der Waals surface area contributed by atoms with Gasteiger partial charge >= 0.3 is 0 Å². The Balaban J connectivity index is 1.53. The molecule has 2 unspecified atom stereocenters. The van der Waals surface area contributed by atoms with Crippen molar-refractivity contribution in [1.29, 1.82) is 0 Å². The Hall–Kier alpha value is -2.63. The van der Waals surface area contributed by atoms with Crippen molar-refractivity contribution in [3.8, 4) is 0 Å². The maximum absolute atomic E-state index is 12.5. The van der Waals surface area contributed by atoms with Crippen molar-refractivity contribution < 1.29 is 4.79 Å². The molecule has 3 N–H and O–H groups in total. The SMILES string of the molecule is CCn1c(C2CC(NC(=O)c3ccc(C)cc3)NN2)c(C)c2ccccc21. The summed E-state index contributed by atoms with van der Waals surface area (Å²) in [6.45, 7) is 7.30. The molecule has 0 aliphatic carbocycles. The normalized spacial score (nSPS) is 19.5. The first-order chi connectivity index (χ1) is 13.1. The number of nitrogens with one attached hydrogen (secondary N) is 3. The fraction of sp³-hybridized carbons (Fsp3) is 0.318. The molecule has 0 radical (unpaired) electrons. The van der Waals surface area contributed by atoms with Crippen molar-refractivity contribution in [2.75, 3.05) is 0 Å². The Kier molecular flexibility index (Phi) is 4.72. The van der Waals surface area contributed by atoms with E-state index >= 15 is 0 Å². The molecule has 3 aromatic rings. The molecule has 1 saturated heterocycles. The Morgan fingerprint density at radius 2 is 1.85 bits per heavy atom. The number of amides is 1. The fourth-order valence-electron chi connectivity index (χ4n) is 4.06. The molecule has 1 aliphatic rings. The third kappa shape index (κ3) is 3.24. The van der Waals surface area contributed by atoms with Gasteiger partial charge in [0.25, 0.3) is 5.91 Å². The zero-order chi connectivity index (χ0) is 19.0. The van der Waals surface area contributed by atoms with Gasteiger partial charge in [-0.15, -0.1) is 0 Å². The van der Waals surface area contributed by atoms with Crippen LogP contribution in [0.2, 0.25) is 0 Å². The molecule has 1 aromatic heterocycles. The number of rotatable bonds is 4. The second-order valence-electron chi connectivity index (χ2n) is 7.24. The molecule has 2 atom stereocenters. The zero-order valence-corrected chi connectivity index (χ0v) is 16.0. The van der Waals surface area contributed by atoms with Gasteiger partial charge in [-0.2, -0.15) is 0 Å². The molecular formula is C22H26N4O. The van der Waals surface area contributed by atoms with Crippen LogP contribution in [-0.4, -0.2) is 16.6 Å². The molecule has 4 rings (SSSR count). The first-order valence-electron chi connectivity index (χ1n) is 9.54. The topological polar surface area (TPSA) is 58.1 Å². The maximum atomic E-state index is 12.5. The number of carbonyl (C=O) groups excluding carboxylic acids is 1. The van der Waals surface area contributed by atoms with Crippen LogP contribution in [0.15, 0.2) is 48.5 Å². The van der Waals surface area contributed by atoms with Crippen LogP contribution in [0.3, 0.4) is 0 Å². The fourth-order valence-corrected chi connectivity index (χ4v) is 4.06. The summed E-state index contributed by atoms with van der Waals surface area (Å²) in [7, 11) is 0. The summed E-state index contributed by atoms with van der Waals surface area (Å²) in [6, 6.07) is 16.3. The van der Waals surface area contributed by atoms with Crippen LogP contribution >= 0.6 is 0 Å².